The molecule has 1 aromatic rings. The van der Waals surface area contributed by atoms with E-state index in [2.05, 4.69) is 17.9 Å². The van der Waals surface area contributed by atoms with Crippen LogP contribution in [0.1, 0.15) is 35.0 Å². The summed E-state index contributed by atoms with van der Waals surface area (Å²) in [7, 11) is 0. The minimum Gasteiger partial charge on any atom is -0.462 e. The third-order valence-corrected chi connectivity index (χ3v) is 3.76. The zero-order valence-electron chi connectivity index (χ0n) is 11.9. The van der Waals surface area contributed by atoms with Gasteiger partial charge in [-0.05, 0) is 18.1 Å². The van der Waals surface area contributed by atoms with Gasteiger partial charge in [-0.3, -0.25) is 0 Å². The van der Waals surface area contributed by atoms with Gasteiger partial charge in [0.05, 0.1) is 19.8 Å². The predicted octanol–water partition coefficient (Wildman–Crippen LogP) is 1.58. The molecule has 0 aliphatic carbocycles. The standard InChI is InChI=1S/C15H20N2O3/c1-2-3-12-10-11-4-7-20-15(18)13(11)14(16-12)17-5-8-19-9-6-17/h10H,2-9H2,1H3. The molecule has 0 bridgehead atoms. The monoisotopic (exact) mass is 276 g/mol. The van der Waals surface area contributed by atoms with Gasteiger partial charge in [-0.2, -0.15) is 0 Å². The van der Waals surface area contributed by atoms with Gasteiger partial charge < -0.3 is 14.4 Å². The predicted molar refractivity (Wildman–Crippen MR) is 75.3 cm³/mol. The van der Waals surface area contributed by atoms with Gasteiger partial charge in [-0.25, -0.2) is 9.78 Å². The van der Waals surface area contributed by atoms with Crippen LogP contribution in [-0.4, -0.2) is 43.9 Å². The molecule has 1 fully saturated rings. The Hall–Kier alpha value is -1.62. The minimum atomic E-state index is -0.233. The highest BCUT2D eigenvalue weighted by Crippen LogP contribution is 2.28. The number of anilines is 1. The SMILES string of the molecule is CCCc1cc2c(c(N3CCOCC3)n1)C(=O)OCC2. The molecular formula is C15H20N2O3. The van der Waals surface area contributed by atoms with Crippen molar-refractivity contribution in [2.45, 2.75) is 26.2 Å². The van der Waals surface area contributed by atoms with Crippen LogP contribution in [0.15, 0.2) is 6.07 Å². The maximum Gasteiger partial charge on any atom is 0.342 e. The van der Waals surface area contributed by atoms with Gasteiger partial charge in [0.25, 0.3) is 0 Å². The Morgan fingerprint density at radius 2 is 2.10 bits per heavy atom. The summed E-state index contributed by atoms with van der Waals surface area (Å²) in [4.78, 5) is 19.0. The van der Waals surface area contributed by atoms with Gasteiger partial charge in [0.1, 0.15) is 11.4 Å². The molecule has 0 atom stereocenters. The second kappa shape index (κ2) is 5.79. The first kappa shape index (κ1) is 13.4. The molecule has 3 heterocycles. The Bertz CT molecular complexity index is 510. The van der Waals surface area contributed by atoms with Crippen LogP contribution in [0.2, 0.25) is 0 Å². The van der Waals surface area contributed by atoms with Crippen molar-refractivity contribution in [3.05, 3.63) is 22.9 Å². The molecule has 3 rings (SSSR count). The Kier molecular flexibility index (Phi) is 3.87. The van der Waals surface area contributed by atoms with Crippen molar-refractivity contribution in [2.75, 3.05) is 37.8 Å². The number of aryl methyl sites for hydroxylation is 1. The van der Waals surface area contributed by atoms with E-state index in [9.17, 15) is 4.79 Å². The van der Waals surface area contributed by atoms with E-state index in [0.717, 1.165) is 49.4 Å². The zero-order valence-corrected chi connectivity index (χ0v) is 11.9. The molecular weight excluding hydrogens is 256 g/mol. The molecule has 1 saturated heterocycles. The Morgan fingerprint density at radius 1 is 1.30 bits per heavy atom. The molecule has 0 N–H and O–H groups in total. The summed E-state index contributed by atoms with van der Waals surface area (Å²) in [6, 6.07) is 2.07. The van der Waals surface area contributed by atoms with Crippen molar-refractivity contribution in [1.82, 2.24) is 4.98 Å². The second-order valence-electron chi connectivity index (χ2n) is 5.21. The van der Waals surface area contributed by atoms with Crippen molar-refractivity contribution in [2.24, 2.45) is 0 Å². The number of ether oxygens (including phenoxy) is 2. The molecule has 5 heteroatoms. The van der Waals surface area contributed by atoms with E-state index in [-0.39, 0.29) is 5.97 Å². The summed E-state index contributed by atoms with van der Waals surface area (Å²) in [5.74, 6) is 0.558. The van der Waals surface area contributed by atoms with Crippen LogP contribution in [0.4, 0.5) is 5.82 Å². The molecule has 2 aliphatic rings. The number of aromatic nitrogens is 1. The maximum atomic E-state index is 12.1. The van der Waals surface area contributed by atoms with Gasteiger partial charge in [-0.1, -0.05) is 13.3 Å². The van der Waals surface area contributed by atoms with Crippen molar-refractivity contribution in [3.8, 4) is 0 Å². The third kappa shape index (κ3) is 2.50. The molecule has 0 radical (unpaired) electrons. The molecule has 108 valence electrons. The van der Waals surface area contributed by atoms with E-state index in [1.165, 1.54) is 0 Å². The van der Waals surface area contributed by atoms with Crippen molar-refractivity contribution < 1.29 is 14.3 Å². The summed E-state index contributed by atoms with van der Waals surface area (Å²) < 4.78 is 10.6. The lowest BCUT2D eigenvalue weighted by Crippen LogP contribution is -2.38. The molecule has 0 amide bonds. The largest absolute Gasteiger partial charge is 0.462 e. The van der Waals surface area contributed by atoms with E-state index in [1.807, 2.05) is 0 Å². The summed E-state index contributed by atoms with van der Waals surface area (Å²) in [5.41, 5.74) is 2.82. The lowest BCUT2D eigenvalue weighted by molar-refractivity contribution is 0.0479. The van der Waals surface area contributed by atoms with Gasteiger partial charge in [-0.15, -0.1) is 0 Å². The quantitative estimate of drug-likeness (QED) is 0.785. The van der Waals surface area contributed by atoms with Gasteiger partial charge >= 0.3 is 5.97 Å². The van der Waals surface area contributed by atoms with Crippen LogP contribution in [0.3, 0.4) is 0 Å². The number of hydrogen-bond donors (Lipinski definition) is 0. The van der Waals surface area contributed by atoms with E-state index in [4.69, 9.17) is 14.5 Å². The van der Waals surface area contributed by atoms with E-state index >= 15 is 0 Å². The number of rotatable bonds is 3. The summed E-state index contributed by atoms with van der Waals surface area (Å²) in [6.07, 6.45) is 2.79. The smallest absolute Gasteiger partial charge is 0.342 e. The maximum absolute atomic E-state index is 12.1. The number of carbonyl (C=O) groups is 1. The fourth-order valence-electron chi connectivity index (χ4n) is 2.77. The molecule has 5 nitrogen and oxygen atoms in total. The Labute approximate surface area is 118 Å². The topological polar surface area (TPSA) is 51.7 Å². The number of esters is 1. The average molecular weight is 276 g/mol. The molecule has 0 unspecified atom stereocenters. The van der Waals surface area contributed by atoms with Crippen molar-refractivity contribution in [3.63, 3.8) is 0 Å². The zero-order chi connectivity index (χ0) is 13.9. The van der Waals surface area contributed by atoms with E-state index < -0.39 is 0 Å². The number of morpholine rings is 1. The molecule has 0 aromatic carbocycles. The minimum absolute atomic E-state index is 0.233. The first-order chi connectivity index (χ1) is 9.79. The third-order valence-electron chi connectivity index (χ3n) is 3.76. The number of carbonyl (C=O) groups excluding carboxylic acids is 1. The first-order valence-electron chi connectivity index (χ1n) is 7.32. The number of cyclic esters (lactones) is 1. The fraction of sp³-hybridized carbons (Fsp3) is 0.600. The van der Waals surface area contributed by atoms with Gasteiger partial charge in [0.15, 0.2) is 0 Å². The number of hydrogen-bond acceptors (Lipinski definition) is 5. The van der Waals surface area contributed by atoms with Crippen molar-refractivity contribution >= 4 is 11.8 Å². The Morgan fingerprint density at radius 3 is 2.85 bits per heavy atom. The van der Waals surface area contributed by atoms with Crippen LogP contribution in [0.25, 0.3) is 0 Å². The molecule has 0 spiro atoms. The summed E-state index contributed by atoms with van der Waals surface area (Å²) in [5, 5.41) is 0. The molecule has 1 aromatic heterocycles. The van der Waals surface area contributed by atoms with Crippen LogP contribution in [0, 0.1) is 0 Å². The highest BCUT2D eigenvalue weighted by atomic mass is 16.5. The van der Waals surface area contributed by atoms with Crippen molar-refractivity contribution in [1.29, 1.82) is 0 Å². The fourth-order valence-corrected chi connectivity index (χ4v) is 2.77. The molecule has 2 aliphatic heterocycles. The molecule has 0 saturated carbocycles. The molecule has 20 heavy (non-hydrogen) atoms. The lowest BCUT2D eigenvalue weighted by atomic mass is 10.0. The highest BCUT2D eigenvalue weighted by Gasteiger charge is 2.28. The Balaban J connectivity index is 2.04. The van der Waals surface area contributed by atoms with Crippen LogP contribution < -0.4 is 4.90 Å². The van der Waals surface area contributed by atoms with E-state index in [1.54, 1.807) is 0 Å². The van der Waals surface area contributed by atoms with Crippen LogP contribution in [-0.2, 0) is 22.3 Å². The van der Waals surface area contributed by atoms with Crippen LogP contribution >= 0.6 is 0 Å². The second-order valence-corrected chi connectivity index (χ2v) is 5.21. The number of pyridine rings is 1. The van der Waals surface area contributed by atoms with E-state index in [0.29, 0.717) is 25.4 Å². The first-order valence-corrected chi connectivity index (χ1v) is 7.32. The number of fused-ring (bicyclic) bond motifs is 1. The highest BCUT2D eigenvalue weighted by molar-refractivity contribution is 5.97. The lowest BCUT2D eigenvalue weighted by Gasteiger charge is -2.31. The van der Waals surface area contributed by atoms with Crippen LogP contribution in [0.5, 0.6) is 0 Å². The van der Waals surface area contributed by atoms with Gasteiger partial charge in [0.2, 0.25) is 0 Å². The number of nitrogens with zero attached hydrogens (tertiary/aromatic N) is 2. The normalized spacial score (nSPS) is 18.6. The van der Waals surface area contributed by atoms with Gasteiger partial charge in [0, 0.05) is 25.2 Å². The summed E-state index contributed by atoms with van der Waals surface area (Å²) >= 11 is 0. The average Bonchev–Trinajstić information content (AvgIpc) is 2.48. The summed E-state index contributed by atoms with van der Waals surface area (Å²) in [6.45, 7) is 5.55.